The predicted octanol–water partition coefficient (Wildman–Crippen LogP) is 5.87. The molecular formula is C33H36O6. The van der Waals surface area contributed by atoms with Crippen LogP contribution < -0.4 is 18.9 Å². The van der Waals surface area contributed by atoms with Gasteiger partial charge < -0.3 is 29.2 Å². The number of benzene rings is 4. The summed E-state index contributed by atoms with van der Waals surface area (Å²) in [5.41, 5.74) is 2.36. The molecule has 204 valence electrons. The molecule has 6 heteroatoms. The Morgan fingerprint density at radius 2 is 0.769 bits per heavy atom. The Balaban J connectivity index is 1.22. The van der Waals surface area contributed by atoms with Crippen LogP contribution in [0.25, 0.3) is 0 Å². The first kappa shape index (κ1) is 28.0. The lowest BCUT2D eigenvalue weighted by Crippen LogP contribution is -2.25. The van der Waals surface area contributed by atoms with E-state index in [1.54, 1.807) is 0 Å². The Hall–Kier alpha value is -4.00. The van der Waals surface area contributed by atoms with Crippen LogP contribution in [0.5, 0.6) is 23.0 Å². The van der Waals surface area contributed by atoms with Gasteiger partial charge in [0.05, 0.1) is 0 Å². The largest absolute Gasteiger partial charge is 0.491 e. The van der Waals surface area contributed by atoms with Crippen LogP contribution in [0, 0.1) is 0 Å². The summed E-state index contributed by atoms with van der Waals surface area (Å²) in [4.78, 5) is 0. The van der Waals surface area contributed by atoms with Crippen molar-refractivity contribution in [2.24, 2.45) is 0 Å². The predicted molar refractivity (Wildman–Crippen MR) is 152 cm³/mol. The quantitative estimate of drug-likeness (QED) is 0.201. The number of rotatable bonds is 15. The maximum Gasteiger partial charge on any atom is 0.122 e. The Bertz CT molecular complexity index is 1120. The van der Waals surface area contributed by atoms with Crippen molar-refractivity contribution in [1.29, 1.82) is 0 Å². The van der Waals surface area contributed by atoms with Gasteiger partial charge in [-0.15, -0.1) is 0 Å². The van der Waals surface area contributed by atoms with Gasteiger partial charge >= 0.3 is 0 Å². The molecule has 0 heterocycles. The van der Waals surface area contributed by atoms with E-state index < -0.39 is 12.2 Å². The summed E-state index contributed by atoms with van der Waals surface area (Å²) < 4.78 is 22.7. The zero-order chi connectivity index (χ0) is 27.3. The highest BCUT2D eigenvalue weighted by molar-refractivity contribution is 5.38. The third-order valence-corrected chi connectivity index (χ3v) is 6.23. The Morgan fingerprint density at radius 1 is 0.462 bits per heavy atom. The Morgan fingerprint density at radius 3 is 1.08 bits per heavy atom. The lowest BCUT2D eigenvalue weighted by atomic mass is 9.89. The average Bonchev–Trinajstić information content (AvgIpc) is 2.99. The van der Waals surface area contributed by atoms with Crippen molar-refractivity contribution in [3.05, 3.63) is 120 Å². The standard InChI is InChI=1S/C33H36O6/c1-2-33(25-13-17-31(18-14-25)38-23-27(34)21-36-29-9-5-3-6-10-29)26-15-19-32(20-16-26)39-24-28(35)22-37-30-11-7-4-8-12-30/h3-20,27-28,33-35H,2,21-24H2,1H3. The molecular weight excluding hydrogens is 492 g/mol. The van der Waals surface area contributed by atoms with Crippen molar-refractivity contribution >= 4 is 0 Å². The van der Waals surface area contributed by atoms with Gasteiger partial charge in [0, 0.05) is 5.92 Å². The molecule has 0 radical (unpaired) electrons. The van der Waals surface area contributed by atoms with Crippen LogP contribution in [-0.2, 0) is 0 Å². The van der Waals surface area contributed by atoms with Crippen LogP contribution in [-0.4, -0.2) is 48.8 Å². The molecule has 0 aliphatic carbocycles. The highest BCUT2D eigenvalue weighted by atomic mass is 16.5. The average molecular weight is 529 g/mol. The second-order valence-electron chi connectivity index (χ2n) is 9.28. The molecule has 2 atom stereocenters. The summed E-state index contributed by atoms with van der Waals surface area (Å²) in [6.07, 6.45) is -0.524. The van der Waals surface area contributed by atoms with Crippen molar-refractivity contribution in [1.82, 2.24) is 0 Å². The van der Waals surface area contributed by atoms with E-state index in [0.717, 1.165) is 17.9 Å². The van der Waals surface area contributed by atoms with Crippen molar-refractivity contribution in [3.63, 3.8) is 0 Å². The van der Waals surface area contributed by atoms with E-state index in [1.165, 1.54) is 11.1 Å². The molecule has 0 saturated heterocycles. The molecule has 0 aromatic heterocycles. The van der Waals surface area contributed by atoms with E-state index in [-0.39, 0.29) is 32.3 Å². The molecule has 4 aromatic carbocycles. The fraction of sp³-hybridized carbons (Fsp3) is 0.273. The van der Waals surface area contributed by atoms with Gasteiger partial charge in [-0.2, -0.15) is 0 Å². The van der Waals surface area contributed by atoms with Crippen LogP contribution in [0.15, 0.2) is 109 Å². The van der Waals surface area contributed by atoms with Gasteiger partial charge in [0.25, 0.3) is 0 Å². The fourth-order valence-electron chi connectivity index (χ4n) is 4.16. The molecule has 0 aliphatic heterocycles. The van der Waals surface area contributed by atoms with Crippen molar-refractivity contribution in [3.8, 4) is 23.0 Å². The van der Waals surface area contributed by atoms with Crippen molar-refractivity contribution in [2.45, 2.75) is 31.5 Å². The SMILES string of the molecule is CCC(c1ccc(OCC(O)COc2ccccc2)cc1)c1ccc(OCC(O)COc2ccccc2)cc1. The number of aliphatic hydroxyl groups excluding tert-OH is 2. The maximum absolute atomic E-state index is 10.2. The molecule has 0 saturated carbocycles. The van der Waals surface area contributed by atoms with Gasteiger partial charge in [-0.05, 0) is 66.1 Å². The summed E-state index contributed by atoms with van der Waals surface area (Å²) in [5, 5.41) is 20.4. The topological polar surface area (TPSA) is 77.4 Å². The first-order chi connectivity index (χ1) is 19.1. The number of para-hydroxylation sites is 2. The lowest BCUT2D eigenvalue weighted by Gasteiger charge is -2.18. The second-order valence-corrected chi connectivity index (χ2v) is 9.28. The molecule has 0 bridgehead atoms. The van der Waals surface area contributed by atoms with E-state index in [4.69, 9.17) is 18.9 Å². The maximum atomic E-state index is 10.2. The monoisotopic (exact) mass is 528 g/mol. The van der Waals surface area contributed by atoms with Gasteiger partial charge in [0.2, 0.25) is 0 Å². The van der Waals surface area contributed by atoms with E-state index in [2.05, 4.69) is 31.2 Å². The van der Waals surface area contributed by atoms with Crippen molar-refractivity contribution in [2.75, 3.05) is 26.4 Å². The molecule has 0 spiro atoms. The zero-order valence-electron chi connectivity index (χ0n) is 22.2. The van der Waals surface area contributed by atoms with E-state index in [1.807, 2.05) is 84.9 Å². The zero-order valence-corrected chi connectivity index (χ0v) is 22.2. The molecule has 4 rings (SSSR count). The van der Waals surface area contributed by atoms with Crippen LogP contribution in [0.4, 0.5) is 0 Å². The molecule has 0 amide bonds. The molecule has 2 N–H and O–H groups in total. The molecule has 0 aliphatic rings. The molecule has 39 heavy (non-hydrogen) atoms. The van der Waals surface area contributed by atoms with E-state index in [9.17, 15) is 10.2 Å². The minimum atomic E-state index is -0.730. The fourth-order valence-corrected chi connectivity index (χ4v) is 4.16. The van der Waals surface area contributed by atoms with Gasteiger partial charge in [-0.1, -0.05) is 67.6 Å². The number of aliphatic hydroxyl groups is 2. The summed E-state index contributed by atoms with van der Waals surface area (Å²) in [7, 11) is 0. The molecule has 4 aromatic rings. The second kappa shape index (κ2) is 14.8. The summed E-state index contributed by atoms with van der Waals surface area (Å²) >= 11 is 0. The first-order valence-corrected chi connectivity index (χ1v) is 13.3. The summed E-state index contributed by atoms with van der Waals surface area (Å²) in [5.74, 6) is 3.06. The summed E-state index contributed by atoms with van der Waals surface area (Å²) in [6, 6.07) is 34.8. The van der Waals surface area contributed by atoms with E-state index >= 15 is 0 Å². The highest BCUT2D eigenvalue weighted by Gasteiger charge is 2.14. The minimum absolute atomic E-state index is 0.151. The number of ether oxygens (including phenoxy) is 4. The van der Waals surface area contributed by atoms with Gasteiger partial charge in [-0.3, -0.25) is 0 Å². The van der Waals surface area contributed by atoms with Gasteiger partial charge in [0.1, 0.15) is 61.6 Å². The van der Waals surface area contributed by atoms with E-state index in [0.29, 0.717) is 11.5 Å². The highest BCUT2D eigenvalue weighted by Crippen LogP contribution is 2.30. The lowest BCUT2D eigenvalue weighted by molar-refractivity contribution is 0.0626. The number of hydrogen-bond donors (Lipinski definition) is 2. The molecule has 2 unspecified atom stereocenters. The third kappa shape index (κ3) is 9.06. The minimum Gasteiger partial charge on any atom is -0.491 e. The first-order valence-electron chi connectivity index (χ1n) is 13.3. The normalized spacial score (nSPS) is 13.2. The van der Waals surface area contributed by atoms with Crippen molar-refractivity contribution < 1.29 is 29.2 Å². The van der Waals surface area contributed by atoms with Crippen LogP contribution >= 0.6 is 0 Å². The van der Waals surface area contributed by atoms with Gasteiger partial charge in [0.15, 0.2) is 0 Å². The smallest absolute Gasteiger partial charge is 0.122 e. The Kier molecular flexibility index (Phi) is 10.6. The third-order valence-electron chi connectivity index (χ3n) is 6.23. The number of hydrogen-bond acceptors (Lipinski definition) is 6. The molecule has 6 nitrogen and oxygen atoms in total. The summed E-state index contributed by atoms with van der Waals surface area (Å²) in [6.45, 7) is 2.79. The molecule has 0 fully saturated rings. The van der Waals surface area contributed by atoms with Crippen LogP contribution in [0.3, 0.4) is 0 Å². The van der Waals surface area contributed by atoms with Gasteiger partial charge in [-0.25, -0.2) is 0 Å². The Labute approximate surface area is 230 Å². The van der Waals surface area contributed by atoms with Crippen LogP contribution in [0.2, 0.25) is 0 Å². The van der Waals surface area contributed by atoms with Crippen LogP contribution in [0.1, 0.15) is 30.4 Å².